The molecule has 0 aliphatic carbocycles. The molecule has 2 aromatic heterocycles. The van der Waals surface area contributed by atoms with Crippen LogP contribution in [0.4, 0.5) is 27.8 Å². The number of benzene rings is 1. The lowest BCUT2D eigenvalue weighted by Crippen LogP contribution is -2.35. The standard InChI is InChI=1S/C17H16F5N5O2/c1-16(2,28)13(9-3-5-10(6-4-9)29-14(18)19)26-12-7-11(17(20,21)22)25-15-23-8-24-27(12)15/h3-8,13-14,26,28H,1-2H3. The fraction of sp³-hybridized carbons (Fsp3) is 0.353. The SMILES string of the molecule is CC(C)(O)C(Nc1cc(C(F)(F)F)nc2ncnn12)c1ccc(OC(F)F)cc1. The summed E-state index contributed by atoms with van der Waals surface area (Å²) in [6.07, 6.45) is -3.67. The normalized spacial score (nSPS) is 13.7. The molecule has 156 valence electrons. The largest absolute Gasteiger partial charge is 0.435 e. The van der Waals surface area contributed by atoms with Crippen molar-refractivity contribution in [1.29, 1.82) is 0 Å². The Labute approximate surface area is 161 Å². The Bertz CT molecular complexity index is 983. The smallest absolute Gasteiger partial charge is 0.433 e. The Balaban J connectivity index is 2.01. The molecule has 3 rings (SSSR count). The van der Waals surface area contributed by atoms with E-state index >= 15 is 0 Å². The van der Waals surface area contributed by atoms with E-state index in [4.69, 9.17) is 0 Å². The molecule has 0 bridgehead atoms. The second kappa shape index (κ2) is 7.43. The molecular formula is C17H16F5N5O2. The molecule has 1 atom stereocenters. The summed E-state index contributed by atoms with van der Waals surface area (Å²) in [5.74, 6) is -0.488. The number of nitrogens with zero attached hydrogens (tertiary/aromatic N) is 4. The maximum Gasteiger partial charge on any atom is 0.433 e. The Hall–Kier alpha value is -3.02. The molecule has 0 saturated heterocycles. The van der Waals surface area contributed by atoms with E-state index in [-0.39, 0.29) is 17.3 Å². The van der Waals surface area contributed by atoms with E-state index in [9.17, 15) is 27.1 Å². The molecule has 7 nitrogen and oxygen atoms in total. The molecular weight excluding hydrogens is 401 g/mol. The van der Waals surface area contributed by atoms with Crippen molar-refractivity contribution < 1.29 is 31.8 Å². The van der Waals surface area contributed by atoms with E-state index in [1.54, 1.807) is 0 Å². The molecule has 0 spiro atoms. The van der Waals surface area contributed by atoms with Crippen LogP contribution in [0, 0.1) is 0 Å². The van der Waals surface area contributed by atoms with Crippen molar-refractivity contribution in [1.82, 2.24) is 19.6 Å². The summed E-state index contributed by atoms with van der Waals surface area (Å²) in [5.41, 5.74) is -2.23. The van der Waals surface area contributed by atoms with Crippen LogP contribution in [-0.4, -0.2) is 36.9 Å². The number of fused-ring (bicyclic) bond motifs is 1. The molecule has 0 aliphatic rings. The van der Waals surface area contributed by atoms with E-state index in [0.717, 1.165) is 16.9 Å². The molecule has 2 N–H and O–H groups in total. The maximum absolute atomic E-state index is 13.2. The number of anilines is 1. The predicted molar refractivity (Wildman–Crippen MR) is 91.5 cm³/mol. The van der Waals surface area contributed by atoms with Crippen molar-refractivity contribution in [2.24, 2.45) is 0 Å². The van der Waals surface area contributed by atoms with E-state index in [2.05, 4.69) is 25.1 Å². The van der Waals surface area contributed by atoms with Gasteiger partial charge in [0.2, 0.25) is 0 Å². The lowest BCUT2D eigenvalue weighted by molar-refractivity contribution is -0.141. The number of aliphatic hydroxyl groups is 1. The van der Waals surface area contributed by atoms with Gasteiger partial charge >= 0.3 is 12.8 Å². The first-order valence-corrected chi connectivity index (χ1v) is 8.27. The fourth-order valence-corrected chi connectivity index (χ4v) is 2.72. The van der Waals surface area contributed by atoms with Crippen LogP contribution in [0.25, 0.3) is 5.78 Å². The third-order valence-electron chi connectivity index (χ3n) is 3.98. The Morgan fingerprint density at radius 1 is 1.14 bits per heavy atom. The van der Waals surface area contributed by atoms with Crippen molar-refractivity contribution in [3.05, 3.63) is 47.9 Å². The van der Waals surface area contributed by atoms with Crippen LogP contribution in [-0.2, 0) is 6.18 Å². The van der Waals surface area contributed by atoms with Gasteiger partial charge < -0.3 is 15.2 Å². The molecule has 0 aliphatic heterocycles. The molecule has 29 heavy (non-hydrogen) atoms. The molecule has 1 aromatic carbocycles. The first-order chi connectivity index (χ1) is 13.4. The van der Waals surface area contributed by atoms with Crippen molar-refractivity contribution in [3.63, 3.8) is 0 Å². The van der Waals surface area contributed by atoms with Gasteiger partial charge in [-0.3, -0.25) is 0 Å². The molecule has 1 unspecified atom stereocenters. The third-order valence-corrected chi connectivity index (χ3v) is 3.98. The highest BCUT2D eigenvalue weighted by Crippen LogP contribution is 2.34. The van der Waals surface area contributed by atoms with Gasteiger partial charge in [0.1, 0.15) is 17.9 Å². The summed E-state index contributed by atoms with van der Waals surface area (Å²) in [6.45, 7) is -0.112. The topological polar surface area (TPSA) is 84.6 Å². The van der Waals surface area contributed by atoms with Crippen LogP contribution in [0.1, 0.15) is 31.1 Å². The highest BCUT2D eigenvalue weighted by molar-refractivity contribution is 5.48. The van der Waals surface area contributed by atoms with Crippen LogP contribution in [0.15, 0.2) is 36.7 Å². The maximum atomic E-state index is 13.2. The zero-order valence-electron chi connectivity index (χ0n) is 15.2. The summed E-state index contributed by atoms with van der Waals surface area (Å²) < 4.78 is 69.5. The number of aromatic nitrogens is 4. The van der Waals surface area contributed by atoms with Crippen LogP contribution < -0.4 is 10.1 Å². The monoisotopic (exact) mass is 417 g/mol. The minimum atomic E-state index is -4.72. The number of nitrogens with one attached hydrogen (secondary N) is 1. The zero-order valence-corrected chi connectivity index (χ0v) is 15.2. The number of rotatable bonds is 6. The second-order valence-electron chi connectivity index (χ2n) is 6.67. The van der Waals surface area contributed by atoms with Crippen molar-refractivity contribution in [3.8, 4) is 5.75 Å². The number of alkyl halides is 5. The summed E-state index contributed by atoms with van der Waals surface area (Å²) in [7, 11) is 0. The van der Waals surface area contributed by atoms with Gasteiger partial charge in [-0.15, -0.1) is 0 Å². The fourth-order valence-electron chi connectivity index (χ4n) is 2.72. The third kappa shape index (κ3) is 4.70. The van der Waals surface area contributed by atoms with E-state index in [1.165, 1.54) is 38.1 Å². The first kappa shape index (κ1) is 20.7. The zero-order chi connectivity index (χ0) is 21.4. The van der Waals surface area contributed by atoms with E-state index in [1.807, 2.05) is 0 Å². The van der Waals surface area contributed by atoms with E-state index < -0.39 is 30.1 Å². The lowest BCUT2D eigenvalue weighted by Gasteiger charge is -2.31. The number of ether oxygens (including phenoxy) is 1. The average molecular weight is 417 g/mol. The van der Waals surface area contributed by atoms with Gasteiger partial charge in [-0.25, -0.2) is 4.98 Å². The van der Waals surface area contributed by atoms with Crippen molar-refractivity contribution >= 4 is 11.6 Å². The summed E-state index contributed by atoms with van der Waals surface area (Å²) in [4.78, 5) is 7.11. The van der Waals surface area contributed by atoms with E-state index in [0.29, 0.717) is 5.56 Å². The highest BCUT2D eigenvalue weighted by atomic mass is 19.4. The van der Waals surface area contributed by atoms with Crippen LogP contribution in [0.3, 0.4) is 0 Å². The molecule has 3 aromatic rings. The molecule has 0 saturated carbocycles. The Kier molecular flexibility index (Phi) is 5.30. The van der Waals surface area contributed by atoms with Gasteiger partial charge in [-0.1, -0.05) is 12.1 Å². The quantitative estimate of drug-likeness (QED) is 0.596. The number of hydrogen-bond donors (Lipinski definition) is 2. The van der Waals surface area contributed by atoms with Gasteiger partial charge in [0, 0.05) is 6.07 Å². The molecule has 0 radical (unpaired) electrons. The minimum absolute atomic E-state index is 0.0971. The summed E-state index contributed by atoms with van der Waals surface area (Å²) in [5, 5.41) is 17.2. The lowest BCUT2D eigenvalue weighted by atomic mass is 9.91. The van der Waals surface area contributed by atoms with Gasteiger partial charge in [0.25, 0.3) is 5.78 Å². The number of halogens is 5. The van der Waals surface area contributed by atoms with Gasteiger partial charge in [-0.2, -0.15) is 36.6 Å². The first-order valence-electron chi connectivity index (χ1n) is 8.27. The predicted octanol–water partition coefficient (Wildman–Crippen LogP) is 3.67. The van der Waals surface area contributed by atoms with Crippen molar-refractivity contribution in [2.45, 2.75) is 38.3 Å². The van der Waals surface area contributed by atoms with Gasteiger partial charge in [-0.05, 0) is 31.5 Å². The summed E-state index contributed by atoms with van der Waals surface area (Å²) in [6, 6.07) is 5.17. The van der Waals surface area contributed by atoms with Crippen LogP contribution in [0.2, 0.25) is 0 Å². The van der Waals surface area contributed by atoms with Crippen LogP contribution in [0.5, 0.6) is 5.75 Å². The van der Waals surface area contributed by atoms with Gasteiger partial charge in [0.15, 0.2) is 5.69 Å². The average Bonchev–Trinajstić information content (AvgIpc) is 3.07. The Morgan fingerprint density at radius 2 is 1.79 bits per heavy atom. The second-order valence-corrected chi connectivity index (χ2v) is 6.67. The molecule has 2 heterocycles. The number of hydrogen-bond acceptors (Lipinski definition) is 6. The highest BCUT2D eigenvalue weighted by Gasteiger charge is 2.35. The molecule has 0 fully saturated rings. The minimum Gasteiger partial charge on any atom is -0.435 e. The molecule has 12 heteroatoms. The Morgan fingerprint density at radius 3 is 2.34 bits per heavy atom. The molecule has 0 amide bonds. The van der Waals surface area contributed by atoms with Gasteiger partial charge in [0.05, 0.1) is 11.6 Å². The van der Waals surface area contributed by atoms with Crippen LogP contribution >= 0.6 is 0 Å². The van der Waals surface area contributed by atoms with Crippen molar-refractivity contribution in [2.75, 3.05) is 5.32 Å². The summed E-state index contributed by atoms with van der Waals surface area (Å²) >= 11 is 0.